The Balaban J connectivity index is 1.67. The molecule has 0 aliphatic carbocycles. The highest BCUT2D eigenvalue weighted by molar-refractivity contribution is 5.91. The first-order valence-electron chi connectivity index (χ1n) is 6.45. The van der Waals surface area contributed by atoms with Gasteiger partial charge in [-0.15, -0.1) is 15.3 Å². The Kier molecular flexibility index (Phi) is 3.56. The Morgan fingerprint density at radius 3 is 3.05 bits per heavy atom. The molecule has 0 aromatic carbocycles. The highest BCUT2D eigenvalue weighted by Gasteiger charge is 2.12. The van der Waals surface area contributed by atoms with Gasteiger partial charge in [0.05, 0.1) is 19.3 Å². The van der Waals surface area contributed by atoms with E-state index >= 15 is 0 Å². The van der Waals surface area contributed by atoms with E-state index in [0.717, 1.165) is 5.65 Å². The van der Waals surface area contributed by atoms with Crippen molar-refractivity contribution >= 4 is 11.6 Å². The lowest BCUT2D eigenvalue weighted by molar-refractivity contribution is 0.0944. The molecule has 3 N–H and O–H groups in total. The van der Waals surface area contributed by atoms with Gasteiger partial charge in [0.25, 0.3) is 5.91 Å². The van der Waals surface area contributed by atoms with Crippen LogP contribution in [0.15, 0.2) is 30.6 Å². The monoisotopic (exact) mass is 286 g/mol. The highest BCUT2D eigenvalue weighted by atomic mass is 16.2. The Bertz CT molecular complexity index is 761. The minimum absolute atomic E-state index is 0.247. The maximum atomic E-state index is 12.0. The molecular formula is C12H14N8O. The summed E-state index contributed by atoms with van der Waals surface area (Å²) in [4.78, 5) is 12.0. The number of hydrogen-bond donors (Lipinski definition) is 2. The quantitative estimate of drug-likeness (QED) is 0.635. The molecule has 108 valence electrons. The molecule has 9 heteroatoms. The van der Waals surface area contributed by atoms with E-state index in [-0.39, 0.29) is 18.1 Å². The van der Waals surface area contributed by atoms with Crippen LogP contribution in [0.3, 0.4) is 0 Å². The maximum Gasteiger partial charge on any atom is 0.273 e. The minimum Gasteiger partial charge on any atom is -0.343 e. The molecule has 1 amide bonds. The Morgan fingerprint density at radius 2 is 2.19 bits per heavy atom. The summed E-state index contributed by atoms with van der Waals surface area (Å²) in [5.74, 6) is 0.333. The van der Waals surface area contributed by atoms with Crippen molar-refractivity contribution in [3.05, 3.63) is 42.1 Å². The van der Waals surface area contributed by atoms with Gasteiger partial charge in [-0.05, 0) is 12.1 Å². The van der Waals surface area contributed by atoms with Gasteiger partial charge >= 0.3 is 0 Å². The Labute approximate surface area is 119 Å². The van der Waals surface area contributed by atoms with Crippen LogP contribution in [0, 0.1) is 0 Å². The third-order valence-corrected chi connectivity index (χ3v) is 2.92. The molecule has 0 fully saturated rings. The fourth-order valence-electron chi connectivity index (χ4n) is 1.91. The zero-order chi connectivity index (χ0) is 14.7. The van der Waals surface area contributed by atoms with E-state index in [9.17, 15) is 4.79 Å². The van der Waals surface area contributed by atoms with Crippen LogP contribution in [0.4, 0.5) is 0 Å². The lowest BCUT2D eigenvalue weighted by Crippen LogP contribution is -2.24. The fourth-order valence-corrected chi connectivity index (χ4v) is 1.91. The predicted octanol–water partition coefficient (Wildman–Crippen LogP) is -0.790. The van der Waals surface area contributed by atoms with Gasteiger partial charge in [-0.2, -0.15) is 0 Å². The molecule has 0 aliphatic rings. The molecule has 9 nitrogen and oxygen atoms in total. The van der Waals surface area contributed by atoms with Gasteiger partial charge in [-0.3, -0.25) is 13.9 Å². The number of carbonyl (C=O) groups is 1. The van der Waals surface area contributed by atoms with Crippen LogP contribution in [-0.2, 0) is 13.1 Å². The normalized spacial score (nSPS) is 10.9. The first kappa shape index (κ1) is 13.2. The molecule has 0 bridgehead atoms. The van der Waals surface area contributed by atoms with E-state index in [2.05, 4.69) is 25.8 Å². The predicted molar refractivity (Wildman–Crippen MR) is 73.2 cm³/mol. The largest absolute Gasteiger partial charge is 0.343 e. The topological polar surface area (TPSA) is 116 Å². The summed E-state index contributed by atoms with van der Waals surface area (Å²) in [6, 6.07) is 5.60. The fraction of sp³-hybridized carbons (Fsp3) is 0.250. The number of fused-ring (bicyclic) bond motifs is 1. The molecule has 21 heavy (non-hydrogen) atoms. The van der Waals surface area contributed by atoms with Gasteiger partial charge in [0, 0.05) is 12.7 Å². The molecular weight excluding hydrogens is 272 g/mol. The zero-order valence-corrected chi connectivity index (χ0v) is 11.2. The lowest BCUT2D eigenvalue weighted by Gasteiger charge is -2.01. The van der Waals surface area contributed by atoms with Gasteiger partial charge in [0.15, 0.2) is 17.2 Å². The van der Waals surface area contributed by atoms with Crippen molar-refractivity contribution in [3.8, 4) is 0 Å². The number of nitrogens with two attached hydrogens (primary N) is 1. The number of pyridine rings is 1. The second-order valence-corrected chi connectivity index (χ2v) is 4.38. The van der Waals surface area contributed by atoms with Crippen molar-refractivity contribution < 1.29 is 4.79 Å². The van der Waals surface area contributed by atoms with Crippen molar-refractivity contribution in [2.24, 2.45) is 5.73 Å². The number of amides is 1. The van der Waals surface area contributed by atoms with Crippen molar-refractivity contribution in [2.45, 2.75) is 13.1 Å². The van der Waals surface area contributed by atoms with E-state index < -0.39 is 0 Å². The number of nitrogens with one attached hydrogen (secondary N) is 1. The molecule has 0 spiro atoms. The average molecular weight is 286 g/mol. The third-order valence-electron chi connectivity index (χ3n) is 2.92. The van der Waals surface area contributed by atoms with Crippen molar-refractivity contribution in [2.75, 3.05) is 6.54 Å². The van der Waals surface area contributed by atoms with Crippen LogP contribution in [-0.4, -0.2) is 42.0 Å². The summed E-state index contributed by atoms with van der Waals surface area (Å²) >= 11 is 0. The molecule has 0 saturated carbocycles. The van der Waals surface area contributed by atoms with E-state index in [1.807, 2.05) is 28.8 Å². The molecule has 3 aromatic heterocycles. The van der Waals surface area contributed by atoms with Gasteiger partial charge in [-0.1, -0.05) is 11.3 Å². The summed E-state index contributed by atoms with van der Waals surface area (Å²) in [7, 11) is 0. The van der Waals surface area contributed by atoms with E-state index in [1.54, 1.807) is 6.20 Å². The number of rotatable bonds is 5. The third kappa shape index (κ3) is 2.72. The summed E-state index contributed by atoms with van der Waals surface area (Å²) in [6.45, 7) is 1.22. The Morgan fingerprint density at radius 1 is 1.29 bits per heavy atom. The highest BCUT2D eigenvalue weighted by Crippen LogP contribution is 2.02. The van der Waals surface area contributed by atoms with Crippen LogP contribution in [0.1, 0.15) is 16.3 Å². The van der Waals surface area contributed by atoms with Crippen LogP contribution in [0.5, 0.6) is 0 Å². The summed E-state index contributed by atoms with van der Waals surface area (Å²) in [6.07, 6.45) is 3.40. The SMILES string of the molecule is NCCn1cc(C(=O)NCc2nnc3ccccn23)nn1. The van der Waals surface area contributed by atoms with Crippen LogP contribution >= 0.6 is 0 Å². The minimum atomic E-state index is -0.314. The Hall–Kier alpha value is -2.81. The smallest absolute Gasteiger partial charge is 0.273 e. The molecule has 0 unspecified atom stereocenters. The summed E-state index contributed by atoms with van der Waals surface area (Å²) in [5.41, 5.74) is 6.39. The van der Waals surface area contributed by atoms with Gasteiger partial charge < -0.3 is 11.1 Å². The number of carbonyl (C=O) groups excluding carboxylic acids is 1. The maximum absolute atomic E-state index is 12.0. The summed E-state index contributed by atoms with van der Waals surface area (Å²) < 4.78 is 3.34. The van der Waals surface area contributed by atoms with Gasteiger partial charge in [-0.25, -0.2) is 0 Å². The first-order chi connectivity index (χ1) is 10.3. The molecule has 0 radical (unpaired) electrons. The first-order valence-corrected chi connectivity index (χ1v) is 6.45. The molecule has 0 saturated heterocycles. The molecule has 3 heterocycles. The van der Waals surface area contributed by atoms with E-state index in [4.69, 9.17) is 5.73 Å². The second kappa shape index (κ2) is 5.67. The zero-order valence-electron chi connectivity index (χ0n) is 11.2. The molecule has 0 aliphatic heterocycles. The van der Waals surface area contributed by atoms with Crippen LogP contribution < -0.4 is 11.1 Å². The average Bonchev–Trinajstić information content (AvgIpc) is 3.12. The lowest BCUT2D eigenvalue weighted by atomic mass is 10.4. The standard InChI is InChI=1S/C12H14N8O/c13-4-6-19-8-9(15-18-19)12(21)14-7-11-17-16-10-3-1-2-5-20(10)11/h1-3,5,8H,4,6-7,13H2,(H,14,21). The van der Waals surface area contributed by atoms with Crippen LogP contribution in [0.2, 0.25) is 0 Å². The van der Waals surface area contributed by atoms with Gasteiger partial charge in [0.2, 0.25) is 0 Å². The molecule has 3 rings (SSSR count). The number of hydrogen-bond acceptors (Lipinski definition) is 6. The van der Waals surface area contributed by atoms with Gasteiger partial charge in [0.1, 0.15) is 0 Å². The van der Waals surface area contributed by atoms with Crippen molar-refractivity contribution in [1.29, 1.82) is 0 Å². The molecule has 0 atom stereocenters. The van der Waals surface area contributed by atoms with E-state index in [1.165, 1.54) is 4.68 Å². The van der Waals surface area contributed by atoms with Crippen molar-refractivity contribution in [3.63, 3.8) is 0 Å². The van der Waals surface area contributed by atoms with Crippen LogP contribution in [0.25, 0.3) is 5.65 Å². The van der Waals surface area contributed by atoms with E-state index in [0.29, 0.717) is 18.9 Å². The van der Waals surface area contributed by atoms with Crippen molar-refractivity contribution in [1.82, 2.24) is 34.9 Å². The second-order valence-electron chi connectivity index (χ2n) is 4.38. The number of aromatic nitrogens is 6. The number of nitrogens with zero attached hydrogens (tertiary/aromatic N) is 6. The summed E-state index contributed by atoms with van der Waals surface area (Å²) in [5, 5.41) is 18.4. The molecule has 3 aromatic rings.